The van der Waals surface area contributed by atoms with Crippen LogP contribution in [0.2, 0.25) is 0 Å². The van der Waals surface area contributed by atoms with Gasteiger partial charge in [-0.3, -0.25) is 4.79 Å². The van der Waals surface area contributed by atoms with Crippen molar-refractivity contribution in [1.29, 1.82) is 0 Å². The number of anilines is 1. The van der Waals surface area contributed by atoms with E-state index in [1.54, 1.807) is 18.0 Å². The lowest BCUT2D eigenvalue weighted by Crippen LogP contribution is -2.49. The maximum atomic E-state index is 12.2. The van der Waals surface area contributed by atoms with Gasteiger partial charge in [-0.2, -0.15) is 0 Å². The molecule has 2 aliphatic rings. The second-order valence-corrected chi connectivity index (χ2v) is 6.39. The third-order valence-electron chi connectivity index (χ3n) is 4.69. The summed E-state index contributed by atoms with van der Waals surface area (Å²) in [6.07, 6.45) is 7.32. The van der Waals surface area contributed by atoms with Crippen LogP contribution in [0.25, 0.3) is 0 Å². The Balaban J connectivity index is 1.52. The summed E-state index contributed by atoms with van der Waals surface area (Å²) >= 11 is 0. The highest BCUT2D eigenvalue weighted by atomic mass is 16.6. The van der Waals surface area contributed by atoms with Gasteiger partial charge in [0.05, 0.1) is 19.0 Å². The summed E-state index contributed by atoms with van der Waals surface area (Å²) in [6, 6.07) is 0.268. The van der Waals surface area contributed by atoms with Crippen molar-refractivity contribution in [3.63, 3.8) is 0 Å². The molecule has 1 saturated carbocycles. The van der Waals surface area contributed by atoms with Crippen LogP contribution >= 0.6 is 0 Å². The first-order valence-electron chi connectivity index (χ1n) is 8.97. The zero-order chi connectivity index (χ0) is 17.6. The summed E-state index contributed by atoms with van der Waals surface area (Å²) in [5.41, 5.74) is 0.348. The summed E-state index contributed by atoms with van der Waals surface area (Å²) in [5, 5.41) is 3.01. The van der Waals surface area contributed by atoms with Gasteiger partial charge in [0.2, 0.25) is 0 Å². The number of hydrogen-bond acceptors (Lipinski definition) is 6. The normalized spacial score (nSPS) is 18.3. The van der Waals surface area contributed by atoms with E-state index >= 15 is 0 Å². The SMILES string of the molecule is CCOC(=O)N1CCN(c2cnc(C(=O)NC3CCCC3)cn2)CC1. The molecule has 2 heterocycles. The van der Waals surface area contributed by atoms with Crippen LogP contribution in [0.3, 0.4) is 0 Å². The number of rotatable bonds is 4. The van der Waals surface area contributed by atoms with Gasteiger partial charge < -0.3 is 19.9 Å². The highest BCUT2D eigenvalue weighted by Crippen LogP contribution is 2.18. The monoisotopic (exact) mass is 347 g/mol. The van der Waals surface area contributed by atoms with Gasteiger partial charge in [0.25, 0.3) is 5.91 Å². The van der Waals surface area contributed by atoms with Gasteiger partial charge in [0, 0.05) is 32.2 Å². The van der Waals surface area contributed by atoms with Crippen LogP contribution in [0, 0.1) is 0 Å². The molecule has 0 unspecified atom stereocenters. The van der Waals surface area contributed by atoms with Crippen molar-refractivity contribution in [2.24, 2.45) is 0 Å². The maximum absolute atomic E-state index is 12.2. The van der Waals surface area contributed by atoms with Gasteiger partial charge >= 0.3 is 6.09 Å². The summed E-state index contributed by atoms with van der Waals surface area (Å²) in [6.45, 7) is 4.69. The molecule has 1 aliphatic heterocycles. The van der Waals surface area contributed by atoms with Crippen LogP contribution in [-0.2, 0) is 4.74 Å². The van der Waals surface area contributed by atoms with E-state index in [9.17, 15) is 9.59 Å². The lowest BCUT2D eigenvalue weighted by Gasteiger charge is -2.34. The van der Waals surface area contributed by atoms with E-state index in [0.717, 1.165) is 18.7 Å². The fourth-order valence-electron chi connectivity index (χ4n) is 3.26. The first-order valence-corrected chi connectivity index (χ1v) is 8.97. The number of amides is 2. The smallest absolute Gasteiger partial charge is 0.409 e. The number of nitrogens with one attached hydrogen (secondary N) is 1. The molecule has 0 bridgehead atoms. The summed E-state index contributed by atoms with van der Waals surface area (Å²) in [5.74, 6) is 0.569. The van der Waals surface area contributed by atoms with Gasteiger partial charge in [0.15, 0.2) is 0 Å². The van der Waals surface area contributed by atoms with Crippen molar-refractivity contribution in [1.82, 2.24) is 20.2 Å². The van der Waals surface area contributed by atoms with E-state index in [1.165, 1.54) is 19.0 Å². The zero-order valence-corrected chi connectivity index (χ0v) is 14.6. The Morgan fingerprint density at radius 2 is 1.88 bits per heavy atom. The Morgan fingerprint density at radius 3 is 2.48 bits per heavy atom. The number of hydrogen-bond donors (Lipinski definition) is 1. The Labute approximate surface area is 147 Å². The molecule has 0 atom stereocenters. The lowest BCUT2D eigenvalue weighted by atomic mass is 10.2. The molecule has 0 radical (unpaired) electrons. The van der Waals surface area contributed by atoms with Crippen molar-refractivity contribution < 1.29 is 14.3 Å². The molecule has 1 saturated heterocycles. The van der Waals surface area contributed by atoms with Crippen LogP contribution < -0.4 is 10.2 Å². The van der Waals surface area contributed by atoms with E-state index in [-0.39, 0.29) is 18.0 Å². The number of aromatic nitrogens is 2. The average molecular weight is 347 g/mol. The molecule has 1 aromatic heterocycles. The molecule has 3 rings (SSSR count). The van der Waals surface area contributed by atoms with Crippen LogP contribution in [0.5, 0.6) is 0 Å². The maximum Gasteiger partial charge on any atom is 0.409 e. The number of piperazine rings is 1. The Hall–Kier alpha value is -2.38. The Bertz CT molecular complexity index is 593. The molecule has 1 aromatic rings. The van der Waals surface area contributed by atoms with E-state index < -0.39 is 0 Å². The van der Waals surface area contributed by atoms with Gasteiger partial charge in [-0.15, -0.1) is 0 Å². The molecule has 1 aliphatic carbocycles. The fraction of sp³-hybridized carbons (Fsp3) is 0.647. The second kappa shape index (κ2) is 8.13. The topological polar surface area (TPSA) is 87.7 Å². The van der Waals surface area contributed by atoms with E-state index in [1.807, 2.05) is 0 Å². The quantitative estimate of drug-likeness (QED) is 0.886. The number of ether oxygens (including phenoxy) is 1. The second-order valence-electron chi connectivity index (χ2n) is 6.39. The van der Waals surface area contributed by atoms with Crippen molar-refractivity contribution in [3.8, 4) is 0 Å². The number of nitrogens with zero attached hydrogens (tertiary/aromatic N) is 4. The third-order valence-corrected chi connectivity index (χ3v) is 4.69. The zero-order valence-electron chi connectivity index (χ0n) is 14.6. The molecule has 8 heteroatoms. The van der Waals surface area contributed by atoms with E-state index in [0.29, 0.717) is 38.5 Å². The van der Waals surface area contributed by atoms with Crippen LogP contribution in [0.15, 0.2) is 12.4 Å². The first kappa shape index (κ1) is 17.4. The summed E-state index contributed by atoms with van der Waals surface area (Å²) < 4.78 is 5.01. The van der Waals surface area contributed by atoms with Gasteiger partial charge in [-0.25, -0.2) is 14.8 Å². The van der Waals surface area contributed by atoms with Crippen molar-refractivity contribution in [2.45, 2.75) is 38.6 Å². The highest BCUT2D eigenvalue weighted by Gasteiger charge is 2.23. The molecule has 2 fully saturated rings. The fourth-order valence-corrected chi connectivity index (χ4v) is 3.26. The van der Waals surface area contributed by atoms with Crippen molar-refractivity contribution >= 4 is 17.8 Å². The average Bonchev–Trinajstić information content (AvgIpc) is 3.15. The van der Waals surface area contributed by atoms with Crippen molar-refractivity contribution in [2.75, 3.05) is 37.7 Å². The van der Waals surface area contributed by atoms with Gasteiger partial charge in [-0.05, 0) is 19.8 Å². The molecule has 25 heavy (non-hydrogen) atoms. The minimum atomic E-state index is -0.271. The molecular weight excluding hydrogens is 322 g/mol. The summed E-state index contributed by atoms with van der Waals surface area (Å²) in [7, 11) is 0. The van der Waals surface area contributed by atoms with E-state index in [2.05, 4.69) is 20.2 Å². The van der Waals surface area contributed by atoms with Crippen LogP contribution in [-0.4, -0.2) is 65.7 Å². The number of carbonyl (C=O) groups excluding carboxylic acids is 2. The predicted octanol–water partition coefficient (Wildman–Crippen LogP) is 1.43. The van der Waals surface area contributed by atoms with Gasteiger partial charge in [-0.1, -0.05) is 12.8 Å². The largest absolute Gasteiger partial charge is 0.450 e. The molecule has 136 valence electrons. The lowest BCUT2D eigenvalue weighted by molar-refractivity contribution is 0.0931. The molecule has 0 aromatic carbocycles. The molecule has 2 amide bonds. The Kier molecular flexibility index (Phi) is 5.67. The van der Waals surface area contributed by atoms with Crippen molar-refractivity contribution in [3.05, 3.63) is 18.1 Å². The van der Waals surface area contributed by atoms with Crippen LogP contribution in [0.4, 0.5) is 10.6 Å². The van der Waals surface area contributed by atoms with Crippen LogP contribution in [0.1, 0.15) is 43.1 Å². The molecule has 1 N–H and O–H groups in total. The third kappa shape index (κ3) is 4.37. The molecule has 8 nitrogen and oxygen atoms in total. The van der Waals surface area contributed by atoms with E-state index in [4.69, 9.17) is 4.74 Å². The minimum absolute atomic E-state index is 0.155. The molecular formula is C17H25N5O3. The summed E-state index contributed by atoms with van der Waals surface area (Å²) in [4.78, 5) is 36.3. The Morgan fingerprint density at radius 1 is 1.16 bits per heavy atom. The standard InChI is InChI=1S/C17H25N5O3/c1-2-25-17(24)22-9-7-21(8-10-22)15-12-18-14(11-19-15)16(23)20-13-5-3-4-6-13/h11-13H,2-10H2,1H3,(H,20,23). The van der Waals surface area contributed by atoms with Gasteiger partial charge in [0.1, 0.15) is 11.5 Å². The molecule has 0 spiro atoms. The number of carbonyl (C=O) groups is 2. The first-order chi connectivity index (χ1) is 12.2. The predicted molar refractivity (Wildman–Crippen MR) is 92.6 cm³/mol. The minimum Gasteiger partial charge on any atom is -0.450 e. The highest BCUT2D eigenvalue weighted by molar-refractivity contribution is 5.92.